The molecule has 1 aliphatic heterocycles. The van der Waals surface area contributed by atoms with E-state index in [9.17, 15) is 0 Å². The first-order valence-electron chi connectivity index (χ1n) is 5.35. The first-order chi connectivity index (χ1) is 6.39. The van der Waals surface area contributed by atoms with Gasteiger partial charge in [0.25, 0.3) is 0 Å². The molecule has 0 atom stereocenters. The second kappa shape index (κ2) is 3.97. The Labute approximate surface area is 87.8 Å². The van der Waals surface area contributed by atoms with Crippen molar-refractivity contribution in [1.29, 1.82) is 0 Å². The van der Waals surface area contributed by atoms with Gasteiger partial charge < -0.3 is 9.39 Å². The third kappa shape index (κ3) is 2.32. The number of hydrogen-bond donors (Lipinski definition) is 0. The van der Waals surface area contributed by atoms with Gasteiger partial charge in [0.05, 0.1) is 18.5 Å². The monoisotopic (exact) mass is 196 g/mol. The van der Waals surface area contributed by atoms with Crippen LogP contribution in [0.3, 0.4) is 0 Å². The molecule has 0 unspecified atom stereocenters. The largest absolute Gasteiger partial charge is 0.503 e. The first-order valence-corrected chi connectivity index (χ1v) is 5.35. The molecule has 0 aromatic heterocycles. The van der Waals surface area contributed by atoms with Gasteiger partial charge in [-0.15, -0.1) is 0 Å². The highest BCUT2D eigenvalue weighted by Crippen LogP contribution is 2.45. The molecule has 1 heterocycles. The van der Waals surface area contributed by atoms with Crippen molar-refractivity contribution in [3.05, 3.63) is 12.2 Å². The van der Waals surface area contributed by atoms with Crippen LogP contribution in [-0.2, 0) is 9.39 Å². The Bertz CT molecular complexity index is 205. The van der Waals surface area contributed by atoms with E-state index in [0.29, 0.717) is 0 Å². The molecule has 0 aromatic rings. The minimum absolute atomic E-state index is 0.0474. The lowest BCUT2D eigenvalue weighted by Crippen LogP contribution is -2.34. The summed E-state index contributed by atoms with van der Waals surface area (Å²) < 4.78 is 11.1. The van der Waals surface area contributed by atoms with Gasteiger partial charge in [-0.05, 0) is 32.5 Å². The van der Waals surface area contributed by atoms with Crippen LogP contribution in [0, 0.1) is 5.41 Å². The molecule has 0 spiro atoms. The van der Waals surface area contributed by atoms with E-state index >= 15 is 0 Å². The molecule has 80 valence electrons. The van der Waals surface area contributed by atoms with E-state index in [2.05, 4.69) is 27.7 Å². The number of ether oxygens (including phenoxy) is 1. The molecule has 1 aliphatic rings. The Morgan fingerprint density at radius 2 is 2.00 bits per heavy atom. The van der Waals surface area contributed by atoms with Gasteiger partial charge in [-0.3, -0.25) is 0 Å². The van der Waals surface area contributed by atoms with Gasteiger partial charge in [0.2, 0.25) is 0 Å². The maximum absolute atomic E-state index is 5.94. The summed E-state index contributed by atoms with van der Waals surface area (Å²) in [6.45, 7) is 11.7. The molecular formula is C11H21BO2. The van der Waals surface area contributed by atoms with Gasteiger partial charge in [0, 0.05) is 0 Å². The van der Waals surface area contributed by atoms with Crippen molar-refractivity contribution < 1.29 is 9.39 Å². The summed E-state index contributed by atoms with van der Waals surface area (Å²) in [6, 6.07) is 0. The fraction of sp³-hybridized carbons (Fsp3) is 0.818. The van der Waals surface area contributed by atoms with Crippen LogP contribution in [-0.4, -0.2) is 19.1 Å². The lowest BCUT2D eigenvalue weighted by atomic mass is 9.59. The van der Waals surface area contributed by atoms with Gasteiger partial charge in [-0.25, -0.2) is 0 Å². The van der Waals surface area contributed by atoms with Crippen molar-refractivity contribution in [1.82, 2.24) is 0 Å². The van der Waals surface area contributed by atoms with E-state index < -0.39 is 0 Å². The Balaban J connectivity index is 2.55. The average molecular weight is 196 g/mol. The summed E-state index contributed by atoms with van der Waals surface area (Å²) in [5.41, 5.74) is 0.183. The van der Waals surface area contributed by atoms with Crippen LogP contribution in [0.4, 0.5) is 0 Å². The van der Waals surface area contributed by atoms with Gasteiger partial charge in [0.15, 0.2) is 0 Å². The fourth-order valence-electron chi connectivity index (χ4n) is 1.68. The summed E-state index contributed by atoms with van der Waals surface area (Å²) >= 11 is 0. The SMILES string of the molecule is CCO/C=C/B1CC(C)(C)C(C)(C)O1. The summed E-state index contributed by atoms with van der Waals surface area (Å²) in [6.07, 6.45) is 2.81. The van der Waals surface area contributed by atoms with Crippen LogP contribution < -0.4 is 0 Å². The van der Waals surface area contributed by atoms with E-state index in [1.165, 1.54) is 0 Å². The zero-order valence-electron chi connectivity index (χ0n) is 9.96. The van der Waals surface area contributed by atoms with E-state index in [1.807, 2.05) is 12.9 Å². The van der Waals surface area contributed by atoms with E-state index in [4.69, 9.17) is 9.39 Å². The Hall–Kier alpha value is -0.435. The molecular weight excluding hydrogens is 175 g/mol. The highest BCUT2D eigenvalue weighted by atomic mass is 16.5. The molecule has 0 aromatic carbocycles. The number of hydrogen-bond acceptors (Lipinski definition) is 2. The Kier molecular flexibility index (Phi) is 3.30. The standard InChI is InChI=1S/C11H21BO2/c1-6-13-8-7-12-9-10(2,3)11(4,5)14-12/h7-8H,6,9H2,1-5H3/b8-7+. The van der Waals surface area contributed by atoms with Crippen LogP contribution in [0.5, 0.6) is 0 Å². The smallest absolute Gasteiger partial charge is 0.323 e. The maximum Gasteiger partial charge on any atom is 0.323 e. The molecule has 1 rings (SSSR count). The molecule has 0 aliphatic carbocycles. The van der Waals surface area contributed by atoms with Gasteiger partial charge in [0.1, 0.15) is 0 Å². The van der Waals surface area contributed by atoms with Crippen molar-refractivity contribution in [2.24, 2.45) is 5.41 Å². The quantitative estimate of drug-likeness (QED) is 0.510. The van der Waals surface area contributed by atoms with Gasteiger partial charge >= 0.3 is 6.92 Å². The van der Waals surface area contributed by atoms with Crippen LogP contribution in [0.2, 0.25) is 6.32 Å². The Morgan fingerprint density at radius 3 is 2.43 bits per heavy atom. The molecule has 14 heavy (non-hydrogen) atoms. The van der Waals surface area contributed by atoms with Crippen LogP contribution in [0.25, 0.3) is 0 Å². The summed E-state index contributed by atoms with van der Waals surface area (Å²) in [7, 11) is 0. The molecule has 0 bridgehead atoms. The normalized spacial score (nSPS) is 24.5. The van der Waals surface area contributed by atoms with Crippen LogP contribution in [0.1, 0.15) is 34.6 Å². The third-order valence-corrected chi connectivity index (χ3v) is 3.34. The zero-order valence-corrected chi connectivity index (χ0v) is 9.96. The molecule has 0 amide bonds. The number of rotatable bonds is 3. The topological polar surface area (TPSA) is 18.5 Å². The van der Waals surface area contributed by atoms with Gasteiger partial charge in [-0.1, -0.05) is 19.8 Å². The first kappa shape index (κ1) is 11.6. The van der Waals surface area contributed by atoms with Crippen LogP contribution >= 0.6 is 0 Å². The predicted molar refractivity (Wildman–Crippen MR) is 60.3 cm³/mol. The summed E-state index contributed by atoms with van der Waals surface area (Å²) in [5.74, 6) is 2.01. The second-order valence-corrected chi connectivity index (χ2v) is 5.04. The minimum atomic E-state index is -0.0474. The molecule has 0 saturated carbocycles. The molecule has 3 heteroatoms. The molecule has 0 N–H and O–H groups in total. The summed E-state index contributed by atoms with van der Waals surface area (Å²) in [5, 5.41) is 0. The van der Waals surface area contributed by atoms with Gasteiger partial charge in [-0.2, -0.15) is 0 Å². The fourth-order valence-corrected chi connectivity index (χ4v) is 1.68. The van der Waals surface area contributed by atoms with E-state index in [-0.39, 0.29) is 17.9 Å². The van der Waals surface area contributed by atoms with E-state index in [0.717, 1.165) is 12.9 Å². The molecule has 1 saturated heterocycles. The van der Waals surface area contributed by atoms with Crippen molar-refractivity contribution in [3.63, 3.8) is 0 Å². The lowest BCUT2D eigenvalue weighted by molar-refractivity contribution is 0.0373. The zero-order chi connectivity index (χ0) is 10.8. The summed E-state index contributed by atoms with van der Waals surface area (Å²) in [4.78, 5) is 0. The van der Waals surface area contributed by atoms with E-state index in [1.54, 1.807) is 6.26 Å². The third-order valence-electron chi connectivity index (χ3n) is 3.34. The minimum Gasteiger partial charge on any atom is -0.503 e. The second-order valence-electron chi connectivity index (χ2n) is 5.04. The predicted octanol–water partition coefficient (Wildman–Crippen LogP) is 2.90. The van der Waals surface area contributed by atoms with Crippen LogP contribution in [0.15, 0.2) is 12.2 Å². The highest BCUT2D eigenvalue weighted by Gasteiger charge is 2.48. The highest BCUT2D eigenvalue weighted by molar-refractivity contribution is 6.58. The average Bonchev–Trinajstić information content (AvgIpc) is 2.21. The van der Waals surface area contributed by atoms with Crippen molar-refractivity contribution in [3.8, 4) is 0 Å². The molecule has 1 fully saturated rings. The van der Waals surface area contributed by atoms with Crippen molar-refractivity contribution in [2.45, 2.75) is 46.5 Å². The lowest BCUT2D eigenvalue weighted by Gasteiger charge is -2.34. The Morgan fingerprint density at radius 1 is 1.36 bits per heavy atom. The van der Waals surface area contributed by atoms with Crippen molar-refractivity contribution >= 4 is 6.92 Å². The van der Waals surface area contributed by atoms with Crippen molar-refractivity contribution in [2.75, 3.05) is 6.61 Å². The maximum atomic E-state index is 5.94. The molecule has 0 radical (unpaired) electrons. The molecule has 2 nitrogen and oxygen atoms in total.